The molecule has 3 nitrogen and oxygen atoms in total. The number of hydrogen-bond donors (Lipinski definition) is 1. The molecule has 0 bridgehead atoms. The third-order valence-corrected chi connectivity index (χ3v) is 3.66. The van der Waals surface area contributed by atoms with E-state index in [2.05, 4.69) is 54.0 Å². The number of nitrogens with one attached hydrogen (secondary N) is 1. The van der Waals surface area contributed by atoms with Gasteiger partial charge in [-0.2, -0.15) is 0 Å². The maximum absolute atomic E-state index is 4.63. The van der Waals surface area contributed by atoms with Crippen LogP contribution in [0.1, 0.15) is 13.8 Å². The normalized spacial score (nSPS) is 11.5. The lowest BCUT2D eigenvalue weighted by Crippen LogP contribution is -2.25. The fourth-order valence-corrected chi connectivity index (χ4v) is 2.60. The second-order valence-corrected chi connectivity index (χ2v) is 5.46. The van der Waals surface area contributed by atoms with E-state index in [9.17, 15) is 0 Å². The van der Waals surface area contributed by atoms with Gasteiger partial charge in [0.15, 0.2) is 5.16 Å². The monoisotopic (exact) mass is 249 g/mol. The van der Waals surface area contributed by atoms with Gasteiger partial charge < -0.3 is 9.88 Å². The predicted octanol–water partition coefficient (Wildman–Crippen LogP) is 2.66. The zero-order valence-electron chi connectivity index (χ0n) is 10.6. The molecule has 17 heavy (non-hydrogen) atoms. The number of aryl methyl sites for hydroxylation is 1. The number of fused-ring (bicyclic) bond motifs is 1. The molecule has 0 spiro atoms. The molecule has 0 amide bonds. The van der Waals surface area contributed by atoms with Crippen LogP contribution in [0.25, 0.3) is 11.0 Å². The summed E-state index contributed by atoms with van der Waals surface area (Å²) in [6.07, 6.45) is 0. The van der Waals surface area contributed by atoms with Crippen molar-refractivity contribution in [1.82, 2.24) is 14.9 Å². The Morgan fingerprint density at radius 3 is 2.82 bits per heavy atom. The van der Waals surface area contributed by atoms with Gasteiger partial charge in [-0.05, 0) is 12.1 Å². The summed E-state index contributed by atoms with van der Waals surface area (Å²) in [6.45, 7) is 5.35. The molecule has 0 atom stereocenters. The third-order valence-electron chi connectivity index (χ3n) is 2.63. The Bertz CT molecular complexity index is 490. The van der Waals surface area contributed by atoms with E-state index in [1.54, 1.807) is 11.8 Å². The number of para-hydroxylation sites is 2. The maximum atomic E-state index is 4.63. The van der Waals surface area contributed by atoms with Crippen LogP contribution in [0.5, 0.6) is 0 Å². The van der Waals surface area contributed by atoms with Crippen LogP contribution in [0.15, 0.2) is 29.4 Å². The van der Waals surface area contributed by atoms with Gasteiger partial charge in [-0.25, -0.2) is 4.98 Å². The van der Waals surface area contributed by atoms with Crippen molar-refractivity contribution in [3.8, 4) is 0 Å². The van der Waals surface area contributed by atoms with Gasteiger partial charge in [0, 0.05) is 25.4 Å². The van der Waals surface area contributed by atoms with Gasteiger partial charge in [0.25, 0.3) is 0 Å². The zero-order chi connectivity index (χ0) is 12.3. The van der Waals surface area contributed by atoms with Gasteiger partial charge >= 0.3 is 0 Å². The van der Waals surface area contributed by atoms with Crippen molar-refractivity contribution < 1.29 is 0 Å². The van der Waals surface area contributed by atoms with E-state index in [-0.39, 0.29) is 0 Å². The number of nitrogens with zero attached hydrogens (tertiary/aromatic N) is 2. The highest BCUT2D eigenvalue weighted by atomic mass is 32.2. The number of imidazole rings is 1. The SMILES string of the molecule is CC(C)NCCSc1nc2ccccc2n1C. The van der Waals surface area contributed by atoms with E-state index >= 15 is 0 Å². The van der Waals surface area contributed by atoms with Crippen LogP contribution < -0.4 is 5.32 Å². The first-order valence-corrected chi connectivity index (χ1v) is 6.94. The molecule has 1 N–H and O–H groups in total. The molecule has 1 aromatic carbocycles. The van der Waals surface area contributed by atoms with Crippen molar-refractivity contribution in [2.75, 3.05) is 12.3 Å². The molecule has 0 saturated carbocycles. The minimum absolute atomic E-state index is 0.552. The van der Waals surface area contributed by atoms with Gasteiger partial charge in [-0.1, -0.05) is 37.7 Å². The van der Waals surface area contributed by atoms with Crippen LogP contribution >= 0.6 is 11.8 Å². The van der Waals surface area contributed by atoms with Crippen LogP contribution in [-0.4, -0.2) is 27.9 Å². The molecule has 92 valence electrons. The standard InChI is InChI=1S/C13H19N3S/c1-10(2)14-8-9-17-13-15-11-6-4-5-7-12(11)16(13)3/h4-7,10,14H,8-9H2,1-3H3. The molecule has 0 saturated heterocycles. The second kappa shape index (κ2) is 5.56. The topological polar surface area (TPSA) is 29.9 Å². The van der Waals surface area contributed by atoms with E-state index < -0.39 is 0 Å². The lowest BCUT2D eigenvalue weighted by molar-refractivity contribution is 0.615. The molecular weight excluding hydrogens is 230 g/mol. The molecule has 0 aliphatic carbocycles. The summed E-state index contributed by atoms with van der Waals surface area (Å²) in [4.78, 5) is 4.63. The minimum Gasteiger partial charge on any atom is -0.322 e. The van der Waals surface area contributed by atoms with Crippen LogP contribution in [0.3, 0.4) is 0 Å². The van der Waals surface area contributed by atoms with Gasteiger partial charge in [0.2, 0.25) is 0 Å². The molecule has 2 aromatic rings. The van der Waals surface area contributed by atoms with Crippen LogP contribution in [0.4, 0.5) is 0 Å². The van der Waals surface area contributed by atoms with Gasteiger partial charge in [-0.15, -0.1) is 0 Å². The highest BCUT2D eigenvalue weighted by Crippen LogP contribution is 2.21. The summed E-state index contributed by atoms with van der Waals surface area (Å²) in [5.41, 5.74) is 2.28. The molecule has 1 heterocycles. The fraction of sp³-hybridized carbons (Fsp3) is 0.462. The summed E-state index contributed by atoms with van der Waals surface area (Å²) in [6, 6.07) is 8.81. The molecule has 0 radical (unpaired) electrons. The Hall–Kier alpha value is -1.00. The highest BCUT2D eigenvalue weighted by Gasteiger charge is 2.06. The average molecular weight is 249 g/mol. The Balaban J connectivity index is 2.01. The molecule has 0 aliphatic heterocycles. The quantitative estimate of drug-likeness (QED) is 0.652. The second-order valence-electron chi connectivity index (χ2n) is 4.40. The number of benzene rings is 1. The first-order chi connectivity index (χ1) is 8.18. The first-order valence-electron chi connectivity index (χ1n) is 5.96. The summed E-state index contributed by atoms with van der Waals surface area (Å²) in [5, 5.41) is 4.51. The van der Waals surface area contributed by atoms with Crippen molar-refractivity contribution in [3.63, 3.8) is 0 Å². The van der Waals surface area contributed by atoms with Gasteiger partial charge in [0.05, 0.1) is 11.0 Å². The van der Waals surface area contributed by atoms with Gasteiger partial charge in [0.1, 0.15) is 0 Å². The fourth-order valence-electron chi connectivity index (χ4n) is 1.74. The zero-order valence-corrected chi connectivity index (χ0v) is 11.4. The van der Waals surface area contributed by atoms with E-state index in [1.807, 2.05) is 6.07 Å². The van der Waals surface area contributed by atoms with Crippen molar-refractivity contribution in [3.05, 3.63) is 24.3 Å². The van der Waals surface area contributed by atoms with E-state index in [4.69, 9.17) is 0 Å². The maximum Gasteiger partial charge on any atom is 0.168 e. The summed E-state index contributed by atoms with van der Waals surface area (Å²) in [7, 11) is 2.08. The average Bonchev–Trinajstić information content (AvgIpc) is 2.63. The van der Waals surface area contributed by atoms with Crippen LogP contribution in [0, 0.1) is 0 Å². The predicted molar refractivity (Wildman–Crippen MR) is 74.6 cm³/mol. The summed E-state index contributed by atoms with van der Waals surface area (Å²) >= 11 is 1.80. The Morgan fingerprint density at radius 2 is 2.12 bits per heavy atom. The molecule has 4 heteroatoms. The number of aromatic nitrogens is 2. The van der Waals surface area contributed by atoms with Gasteiger partial charge in [-0.3, -0.25) is 0 Å². The summed E-state index contributed by atoms with van der Waals surface area (Å²) in [5.74, 6) is 1.05. The van der Waals surface area contributed by atoms with Crippen molar-refractivity contribution >= 4 is 22.8 Å². The van der Waals surface area contributed by atoms with Crippen molar-refractivity contribution in [1.29, 1.82) is 0 Å². The lowest BCUT2D eigenvalue weighted by atomic mass is 10.3. The minimum atomic E-state index is 0.552. The highest BCUT2D eigenvalue weighted by molar-refractivity contribution is 7.99. The Morgan fingerprint density at radius 1 is 1.35 bits per heavy atom. The van der Waals surface area contributed by atoms with E-state index in [0.29, 0.717) is 6.04 Å². The molecule has 0 aliphatic rings. The Labute approximate surface area is 107 Å². The number of hydrogen-bond acceptors (Lipinski definition) is 3. The molecular formula is C13H19N3S. The number of thioether (sulfide) groups is 1. The molecule has 0 unspecified atom stereocenters. The molecule has 1 aromatic heterocycles. The van der Waals surface area contributed by atoms with Crippen LogP contribution in [0.2, 0.25) is 0 Å². The van der Waals surface area contributed by atoms with E-state index in [1.165, 1.54) is 5.52 Å². The third kappa shape index (κ3) is 3.01. The number of rotatable bonds is 5. The smallest absolute Gasteiger partial charge is 0.168 e. The van der Waals surface area contributed by atoms with Crippen molar-refractivity contribution in [2.24, 2.45) is 7.05 Å². The molecule has 0 fully saturated rings. The summed E-state index contributed by atoms with van der Waals surface area (Å²) < 4.78 is 2.16. The molecule has 2 rings (SSSR count). The van der Waals surface area contributed by atoms with Crippen molar-refractivity contribution in [2.45, 2.75) is 25.0 Å². The van der Waals surface area contributed by atoms with Crippen LogP contribution in [-0.2, 0) is 7.05 Å². The lowest BCUT2D eigenvalue weighted by Gasteiger charge is -2.07. The van der Waals surface area contributed by atoms with E-state index in [0.717, 1.165) is 23.0 Å². The largest absolute Gasteiger partial charge is 0.322 e. The Kier molecular flexibility index (Phi) is 4.07. The first kappa shape index (κ1) is 12.5.